The summed E-state index contributed by atoms with van der Waals surface area (Å²) in [5.74, 6) is -0.343. The Kier molecular flexibility index (Phi) is 5.67. The van der Waals surface area contributed by atoms with Gasteiger partial charge in [-0.1, -0.05) is 20.8 Å². The molecule has 33 heavy (non-hydrogen) atoms. The van der Waals surface area contributed by atoms with Crippen LogP contribution in [-0.2, 0) is 20.9 Å². The molecule has 1 saturated carbocycles. The Morgan fingerprint density at radius 1 is 1.21 bits per heavy atom. The fraction of sp³-hybridized carbons (Fsp3) is 0.500. The van der Waals surface area contributed by atoms with Crippen molar-refractivity contribution in [3.8, 4) is 5.75 Å². The number of carbonyl (C=O) groups excluding carboxylic acids is 3. The molecule has 2 atom stereocenters. The van der Waals surface area contributed by atoms with Crippen molar-refractivity contribution in [1.29, 1.82) is 0 Å². The second kappa shape index (κ2) is 8.20. The molecule has 176 valence electrons. The first-order valence-corrected chi connectivity index (χ1v) is 10.9. The molecule has 1 aromatic heterocycles. The van der Waals surface area contributed by atoms with Gasteiger partial charge in [0, 0.05) is 23.1 Å². The fourth-order valence-corrected chi connectivity index (χ4v) is 5.44. The Morgan fingerprint density at radius 2 is 1.97 bits per heavy atom. The number of rotatable bonds is 5. The number of hydrogen-bond acceptors (Lipinski definition) is 7. The number of carbonyl (C=O) groups is 3. The van der Waals surface area contributed by atoms with Crippen molar-refractivity contribution in [3.05, 3.63) is 40.2 Å². The topological polar surface area (TPSA) is 115 Å². The second-order valence-corrected chi connectivity index (χ2v) is 9.87. The molecule has 1 aliphatic carbocycles. The Morgan fingerprint density at radius 3 is 2.67 bits per heavy atom. The van der Waals surface area contributed by atoms with Crippen LogP contribution < -0.4 is 15.7 Å². The summed E-state index contributed by atoms with van der Waals surface area (Å²) in [7, 11) is 1.50. The SMILES string of the molecule is COc1ccc2c(COC(=O)CN3C(=O)NC4(CC(C)CC(C)(C)C4)C3=O)cc(=O)oc2c1. The normalized spacial score (nSPS) is 24.2. The second-order valence-electron chi connectivity index (χ2n) is 9.87. The minimum Gasteiger partial charge on any atom is -0.497 e. The van der Waals surface area contributed by atoms with Gasteiger partial charge < -0.3 is 19.2 Å². The van der Waals surface area contributed by atoms with E-state index in [9.17, 15) is 19.2 Å². The zero-order valence-corrected chi connectivity index (χ0v) is 19.2. The first-order valence-electron chi connectivity index (χ1n) is 10.9. The van der Waals surface area contributed by atoms with Gasteiger partial charge in [-0.3, -0.25) is 14.5 Å². The largest absolute Gasteiger partial charge is 0.497 e. The first kappa shape index (κ1) is 22.8. The van der Waals surface area contributed by atoms with Crippen molar-refractivity contribution >= 4 is 28.9 Å². The number of urea groups is 1. The smallest absolute Gasteiger partial charge is 0.336 e. The molecular formula is C24H28N2O7. The van der Waals surface area contributed by atoms with Crippen molar-refractivity contribution in [3.63, 3.8) is 0 Å². The van der Waals surface area contributed by atoms with Crippen LogP contribution in [0.2, 0.25) is 0 Å². The monoisotopic (exact) mass is 456 g/mol. The van der Waals surface area contributed by atoms with Crippen molar-refractivity contribution < 1.29 is 28.3 Å². The zero-order chi connectivity index (χ0) is 24.0. The average molecular weight is 456 g/mol. The van der Waals surface area contributed by atoms with Crippen LogP contribution in [0.1, 0.15) is 45.6 Å². The molecule has 2 heterocycles. The summed E-state index contributed by atoms with van der Waals surface area (Å²) in [4.78, 5) is 51.1. The quantitative estimate of drug-likeness (QED) is 0.418. The third-order valence-electron chi connectivity index (χ3n) is 6.34. The van der Waals surface area contributed by atoms with E-state index in [4.69, 9.17) is 13.9 Å². The van der Waals surface area contributed by atoms with E-state index in [0.717, 1.165) is 11.3 Å². The number of ether oxygens (including phenoxy) is 2. The Hall–Kier alpha value is -3.36. The van der Waals surface area contributed by atoms with E-state index in [2.05, 4.69) is 26.1 Å². The Bertz CT molecular complexity index is 1190. The highest BCUT2D eigenvalue weighted by Gasteiger charge is 2.56. The van der Waals surface area contributed by atoms with Gasteiger partial charge in [0.15, 0.2) is 0 Å². The first-order chi connectivity index (χ1) is 15.5. The lowest BCUT2D eigenvalue weighted by Gasteiger charge is -2.43. The van der Waals surface area contributed by atoms with Crippen LogP contribution in [-0.4, -0.2) is 42.0 Å². The van der Waals surface area contributed by atoms with Gasteiger partial charge in [0.25, 0.3) is 5.91 Å². The highest BCUT2D eigenvalue weighted by atomic mass is 16.5. The molecule has 9 nitrogen and oxygen atoms in total. The molecule has 1 aliphatic heterocycles. The maximum atomic E-state index is 13.2. The molecule has 1 spiro atoms. The number of methoxy groups -OCH3 is 1. The summed E-state index contributed by atoms with van der Waals surface area (Å²) >= 11 is 0. The minimum absolute atomic E-state index is 0.102. The maximum absolute atomic E-state index is 13.2. The van der Waals surface area contributed by atoms with E-state index < -0.39 is 29.7 Å². The predicted molar refractivity (Wildman–Crippen MR) is 119 cm³/mol. The van der Waals surface area contributed by atoms with Gasteiger partial charge in [0.2, 0.25) is 0 Å². The highest BCUT2D eigenvalue weighted by molar-refractivity contribution is 6.08. The van der Waals surface area contributed by atoms with Gasteiger partial charge in [0.1, 0.15) is 30.0 Å². The molecule has 2 aliphatic rings. The van der Waals surface area contributed by atoms with Gasteiger partial charge in [-0.05, 0) is 42.7 Å². The minimum atomic E-state index is -0.980. The van der Waals surface area contributed by atoms with Crippen molar-refractivity contribution in [2.75, 3.05) is 13.7 Å². The van der Waals surface area contributed by atoms with Crippen LogP contribution in [0.3, 0.4) is 0 Å². The third-order valence-corrected chi connectivity index (χ3v) is 6.34. The van der Waals surface area contributed by atoms with E-state index in [-0.39, 0.29) is 23.8 Å². The third kappa shape index (κ3) is 4.44. The summed E-state index contributed by atoms with van der Waals surface area (Å²) in [6, 6.07) is 5.64. The molecule has 1 saturated heterocycles. The van der Waals surface area contributed by atoms with E-state index in [1.165, 1.54) is 13.2 Å². The molecule has 1 aromatic carbocycles. The van der Waals surface area contributed by atoms with Crippen molar-refractivity contribution in [1.82, 2.24) is 10.2 Å². The lowest BCUT2D eigenvalue weighted by Crippen LogP contribution is -2.54. The number of benzene rings is 1. The van der Waals surface area contributed by atoms with Gasteiger partial charge in [-0.25, -0.2) is 9.59 Å². The Labute approximate surface area is 191 Å². The molecule has 0 radical (unpaired) electrons. The number of esters is 1. The van der Waals surface area contributed by atoms with Crippen LogP contribution in [0.4, 0.5) is 4.79 Å². The molecule has 9 heteroatoms. The van der Waals surface area contributed by atoms with E-state index in [0.29, 0.717) is 35.1 Å². The van der Waals surface area contributed by atoms with Gasteiger partial charge in [0.05, 0.1) is 7.11 Å². The molecule has 2 unspecified atom stereocenters. The molecule has 3 amide bonds. The molecule has 2 aromatic rings. The summed E-state index contributed by atoms with van der Waals surface area (Å²) in [6.07, 6.45) is 2.03. The predicted octanol–water partition coefficient (Wildman–Crippen LogP) is 2.98. The molecular weight excluding hydrogens is 428 g/mol. The van der Waals surface area contributed by atoms with Crippen LogP contribution in [0.25, 0.3) is 11.0 Å². The van der Waals surface area contributed by atoms with E-state index >= 15 is 0 Å². The number of fused-ring (bicyclic) bond motifs is 1. The molecule has 2 fully saturated rings. The molecule has 4 rings (SSSR count). The van der Waals surface area contributed by atoms with Crippen molar-refractivity contribution in [2.24, 2.45) is 11.3 Å². The lowest BCUT2D eigenvalue weighted by atomic mass is 9.64. The van der Waals surface area contributed by atoms with E-state index in [1.807, 2.05) is 0 Å². The summed E-state index contributed by atoms with van der Waals surface area (Å²) in [5.41, 5.74) is -0.917. The van der Waals surface area contributed by atoms with E-state index in [1.54, 1.807) is 18.2 Å². The highest BCUT2D eigenvalue weighted by Crippen LogP contribution is 2.46. The lowest BCUT2D eigenvalue weighted by molar-refractivity contribution is -0.149. The number of amides is 3. The van der Waals surface area contributed by atoms with Gasteiger partial charge >= 0.3 is 17.6 Å². The van der Waals surface area contributed by atoms with Crippen LogP contribution in [0, 0.1) is 11.3 Å². The van der Waals surface area contributed by atoms with Gasteiger partial charge in [-0.15, -0.1) is 0 Å². The average Bonchev–Trinajstić information content (AvgIpc) is 2.92. The van der Waals surface area contributed by atoms with Crippen molar-refractivity contribution in [2.45, 2.75) is 52.2 Å². The maximum Gasteiger partial charge on any atom is 0.336 e. The number of imide groups is 1. The number of nitrogens with zero attached hydrogens (tertiary/aromatic N) is 1. The van der Waals surface area contributed by atoms with Crippen LogP contribution >= 0.6 is 0 Å². The van der Waals surface area contributed by atoms with Crippen LogP contribution in [0.5, 0.6) is 5.75 Å². The summed E-state index contributed by atoms with van der Waals surface area (Å²) in [5, 5.41) is 3.43. The summed E-state index contributed by atoms with van der Waals surface area (Å²) in [6.45, 7) is 5.53. The number of nitrogens with one attached hydrogen (secondary N) is 1. The fourth-order valence-electron chi connectivity index (χ4n) is 5.44. The standard InChI is InChI=1S/C24H28N2O7/c1-14-9-23(2,3)13-24(10-14)21(29)26(22(30)25-24)11-20(28)32-12-15-7-19(27)33-18-8-16(31-4)5-6-17(15)18/h5-8,14H,9-13H2,1-4H3,(H,25,30). The Balaban J connectivity index is 1.46. The molecule has 1 N–H and O–H groups in total. The molecule has 0 bridgehead atoms. The zero-order valence-electron chi connectivity index (χ0n) is 19.2. The number of hydrogen-bond donors (Lipinski definition) is 1. The van der Waals surface area contributed by atoms with Crippen LogP contribution in [0.15, 0.2) is 33.5 Å². The van der Waals surface area contributed by atoms with Gasteiger partial charge in [-0.2, -0.15) is 0 Å². The summed E-state index contributed by atoms with van der Waals surface area (Å²) < 4.78 is 15.7.